The van der Waals surface area contributed by atoms with E-state index in [2.05, 4.69) is 37.6 Å². The van der Waals surface area contributed by atoms with Crippen molar-refractivity contribution in [1.29, 1.82) is 5.41 Å². The molecule has 0 aliphatic carbocycles. The van der Waals surface area contributed by atoms with Crippen LogP contribution >= 0.6 is 0 Å². The highest BCUT2D eigenvalue weighted by atomic mass is 15.2. The fraction of sp³-hybridized carbons (Fsp3) is 0.600. The van der Waals surface area contributed by atoms with Gasteiger partial charge >= 0.3 is 0 Å². The average Bonchev–Trinajstić information content (AvgIpc) is 2.25. The summed E-state index contributed by atoms with van der Waals surface area (Å²) in [4.78, 5) is 6.72. The second-order valence-corrected chi connectivity index (χ2v) is 5.93. The minimum absolute atomic E-state index is 0.0955. The van der Waals surface area contributed by atoms with Crippen LogP contribution in [0.2, 0.25) is 0 Å². The Labute approximate surface area is 116 Å². The highest BCUT2D eigenvalue weighted by Gasteiger charge is 2.18. The van der Waals surface area contributed by atoms with Crippen LogP contribution in [0.3, 0.4) is 0 Å². The van der Waals surface area contributed by atoms with Crippen LogP contribution in [-0.2, 0) is 0 Å². The summed E-state index contributed by atoms with van der Waals surface area (Å²) in [6.45, 7) is 12.6. The third-order valence-corrected chi connectivity index (χ3v) is 2.88. The highest BCUT2D eigenvalue weighted by Crippen LogP contribution is 2.22. The Kier molecular flexibility index (Phi) is 5.33. The van der Waals surface area contributed by atoms with Gasteiger partial charge in [-0.2, -0.15) is 0 Å². The van der Waals surface area contributed by atoms with E-state index in [4.69, 9.17) is 11.1 Å². The molecule has 0 aliphatic heterocycles. The number of pyridine rings is 1. The van der Waals surface area contributed by atoms with E-state index < -0.39 is 0 Å². The highest BCUT2D eigenvalue weighted by molar-refractivity contribution is 6.01. The summed E-state index contributed by atoms with van der Waals surface area (Å²) in [7, 11) is 0. The second-order valence-electron chi connectivity index (χ2n) is 5.93. The van der Waals surface area contributed by atoms with E-state index in [1.54, 1.807) is 6.20 Å². The van der Waals surface area contributed by atoms with Gasteiger partial charge in [-0.25, -0.2) is 4.98 Å². The van der Waals surface area contributed by atoms with Crippen molar-refractivity contribution >= 4 is 11.7 Å². The monoisotopic (exact) mass is 262 g/mol. The number of aromatic nitrogens is 1. The summed E-state index contributed by atoms with van der Waals surface area (Å²) < 4.78 is 0. The Balaban J connectivity index is 3.21. The molecule has 0 aromatic carbocycles. The first kappa shape index (κ1) is 15.5. The van der Waals surface area contributed by atoms with Crippen LogP contribution in [0.5, 0.6) is 0 Å². The number of nitrogens with one attached hydrogen (secondary N) is 1. The molecule has 1 heterocycles. The van der Waals surface area contributed by atoms with E-state index in [-0.39, 0.29) is 5.84 Å². The molecule has 4 nitrogen and oxygen atoms in total. The number of rotatable bonds is 6. The number of anilines is 1. The molecule has 0 aliphatic rings. The normalized spacial score (nSPS) is 11.1. The predicted octanol–water partition coefficient (Wildman–Crippen LogP) is 2.79. The molecule has 19 heavy (non-hydrogen) atoms. The molecule has 3 N–H and O–H groups in total. The molecule has 0 saturated heterocycles. The summed E-state index contributed by atoms with van der Waals surface area (Å²) >= 11 is 0. The van der Waals surface area contributed by atoms with Gasteiger partial charge in [0.1, 0.15) is 11.7 Å². The minimum atomic E-state index is 0.0955. The number of amidine groups is 1. The van der Waals surface area contributed by atoms with Crippen LogP contribution in [0.4, 0.5) is 5.82 Å². The van der Waals surface area contributed by atoms with Gasteiger partial charge < -0.3 is 10.6 Å². The molecular formula is C15H26N4. The van der Waals surface area contributed by atoms with Crippen molar-refractivity contribution in [3.8, 4) is 0 Å². The van der Waals surface area contributed by atoms with E-state index in [0.29, 0.717) is 11.8 Å². The Hall–Kier alpha value is -1.58. The molecule has 4 heteroatoms. The van der Waals surface area contributed by atoms with Crippen molar-refractivity contribution in [2.24, 2.45) is 17.6 Å². The molecule has 0 spiro atoms. The Morgan fingerprint density at radius 2 is 1.79 bits per heavy atom. The summed E-state index contributed by atoms with van der Waals surface area (Å²) in [6.07, 6.45) is 1.80. The van der Waals surface area contributed by atoms with Gasteiger partial charge in [0, 0.05) is 19.3 Å². The SMILES string of the molecule is Cc1ccnc(N(CC(C)C)CC(C)C)c1C(=N)N. The van der Waals surface area contributed by atoms with E-state index in [0.717, 1.165) is 30.0 Å². The molecule has 0 fully saturated rings. The van der Waals surface area contributed by atoms with Crippen LogP contribution in [0.25, 0.3) is 0 Å². The Bertz CT molecular complexity index is 428. The van der Waals surface area contributed by atoms with Gasteiger partial charge in [-0.05, 0) is 30.4 Å². The van der Waals surface area contributed by atoms with Crippen molar-refractivity contribution < 1.29 is 0 Å². The standard InChI is InChI=1S/C15H26N4/c1-10(2)8-19(9-11(3)4)15-13(14(16)17)12(5)6-7-18-15/h6-7,10-11H,8-9H2,1-5H3,(H3,16,17). The predicted molar refractivity (Wildman–Crippen MR) is 81.9 cm³/mol. The summed E-state index contributed by atoms with van der Waals surface area (Å²) in [6, 6.07) is 1.91. The Morgan fingerprint density at radius 3 is 2.21 bits per heavy atom. The van der Waals surface area contributed by atoms with Gasteiger partial charge in [0.05, 0.1) is 5.56 Å². The number of aryl methyl sites for hydroxylation is 1. The van der Waals surface area contributed by atoms with Crippen LogP contribution in [0.15, 0.2) is 12.3 Å². The van der Waals surface area contributed by atoms with Gasteiger partial charge in [-0.15, -0.1) is 0 Å². The van der Waals surface area contributed by atoms with Crippen LogP contribution in [-0.4, -0.2) is 23.9 Å². The lowest BCUT2D eigenvalue weighted by atomic mass is 10.1. The van der Waals surface area contributed by atoms with Gasteiger partial charge in [-0.1, -0.05) is 27.7 Å². The lowest BCUT2D eigenvalue weighted by molar-refractivity contribution is 0.548. The van der Waals surface area contributed by atoms with Crippen LogP contribution < -0.4 is 10.6 Å². The zero-order valence-electron chi connectivity index (χ0n) is 12.7. The molecule has 0 atom stereocenters. The number of hydrogen-bond acceptors (Lipinski definition) is 3. The summed E-state index contributed by atoms with van der Waals surface area (Å²) in [5.41, 5.74) is 7.51. The van der Waals surface area contributed by atoms with Crippen molar-refractivity contribution in [2.45, 2.75) is 34.6 Å². The van der Waals surface area contributed by atoms with Crippen molar-refractivity contribution in [1.82, 2.24) is 4.98 Å². The molecule has 1 rings (SSSR count). The maximum absolute atomic E-state index is 7.79. The first-order chi connectivity index (χ1) is 8.82. The minimum Gasteiger partial charge on any atom is -0.384 e. The molecule has 106 valence electrons. The topological polar surface area (TPSA) is 66.0 Å². The molecular weight excluding hydrogens is 236 g/mol. The molecule has 1 aromatic heterocycles. The maximum Gasteiger partial charge on any atom is 0.139 e. The Morgan fingerprint density at radius 1 is 1.26 bits per heavy atom. The maximum atomic E-state index is 7.79. The van der Waals surface area contributed by atoms with E-state index >= 15 is 0 Å². The van der Waals surface area contributed by atoms with Gasteiger partial charge in [0.25, 0.3) is 0 Å². The first-order valence-electron chi connectivity index (χ1n) is 6.87. The quantitative estimate of drug-likeness (QED) is 0.612. The van der Waals surface area contributed by atoms with Crippen LogP contribution in [0, 0.1) is 24.2 Å². The van der Waals surface area contributed by atoms with Crippen molar-refractivity contribution in [2.75, 3.05) is 18.0 Å². The third kappa shape index (κ3) is 4.23. The largest absolute Gasteiger partial charge is 0.384 e. The summed E-state index contributed by atoms with van der Waals surface area (Å²) in [5, 5.41) is 7.79. The van der Waals surface area contributed by atoms with Crippen molar-refractivity contribution in [3.63, 3.8) is 0 Å². The number of hydrogen-bond donors (Lipinski definition) is 2. The smallest absolute Gasteiger partial charge is 0.139 e. The molecule has 1 aromatic rings. The van der Waals surface area contributed by atoms with E-state index in [1.165, 1.54) is 0 Å². The van der Waals surface area contributed by atoms with Crippen LogP contribution in [0.1, 0.15) is 38.8 Å². The average molecular weight is 262 g/mol. The molecule has 0 amide bonds. The zero-order chi connectivity index (χ0) is 14.6. The van der Waals surface area contributed by atoms with Gasteiger partial charge in [0.2, 0.25) is 0 Å². The number of nitrogen functional groups attached to an aromatic ring is 1. The first-order valence-corrected chi connectivity index (χ1v) is 6.87. The number of nitrogens with zero attached hydrogens (tertiary/aromatic N) is 2. The molecule has 0 unspecified atom stereocenters. The van der Waals surface area contributed by atoms with E-state index in [9.17, 15) is 0 Å². The third-order valence-electron chi connectivity index (χ3n) is 2.88. The summed E-state index contributed by atoms with van der Waals surface area (Å²) in [5.74, 6) is 2.02. The molecule has 0 bridgehead atoms. The van der Waals surface area contributed by atoms with E-state index in [1.807, 2.05) is 13.0 Å². The fourth-order valence-corrected chi connectivity index (χ4v) is 2.25. The lowest BCUT2D eigenvalue weighted by Gasteiger charge is -2.29. The zero-order valence-corrected chi connectivity index (χ0v) is 12.7. The van der Waals surface area contributed by atoms with Gasteiger partial charge in [0.15, 0.2) is 0 Å². The molecule has 0 saturated carbocycles. The lowest BCUT2D eigenvalue weighted by Crippen LogP contribution is -2.34. The van der Waals surface area contributed by atoms with Crippen molar-refractivity contribution in [3.05, 3.63) is 23.4 Å². The fourth-order valence-electron chi connectivity index (χ4n) is 2.25. The second kappa shape index (κ2) is 6.55. The number of nitrogens with two attached hydrogens (primary N) is 1. The van der Waals surface area contributed by atoms with Gasteiger partial charge in [-0.3, -0.25) is 5.41 Å². The molecule has 0 radical (unpaired) electrons.